The Kier molecular flexibility index (Phi) is 7.46. The number of nitrogens with two attached hydrogens (primary N) is 1. The first-order valence-electron chi connectivity index (χ1n) is 12.2. The lowest BCUT2D eigenvalue weighted by atomic mass is 10.1. The molecule has 1 amide bonds. The lowest BCUT2D eigenvalue weighted by Gasteiger charge is -2.17. The van der Waals surface area contributed by atoms with Gasteiger partial charge in [-0.2, -0.15) is 0 Å². The van der Waals surface area contributed by atoms with Crippen molar-refractivity contribution in [2.24, 2.45) is 0 Å². The van der Waals surface area contributed by atoms with Gasteiger partial charge in [-0.15, -0.1) is 11.3 Å². The van der Waals surface area contributed by atoms with E-state index in [1.807, 2.05) is 30.3 Å². The first-order valence-corrected chi connectivity index (χ1v) is 14.9. The average Bonchev–Trinajstić information content (AvgIpc) is 3.41. The number of fused-ring (bicyclic) bond motifs is 1. The van der Waals surface area contributed by atoms with Crippen molar-refractivity contribution < 1.29 is 17.6 Å². The molecule has 40 heavy (non-hydrogen) atoms. The molecule has 5 aromatic rings. The van der Waals surface area contributed by atoms with Gasteiger partial charge in [-0.25, -0.2) is 27.8 Å². The number of halogens is 1. The van der Waals surface area contributed by atoms with Crippen LogP contribution in [0, 0.1) is 5.82 Å². The molecular weight excluding hydrogens is 551 g/mol. The van der Waals surface area contributed by atoms with Gasteiger partial charge >= 0.3 is 0 Å². The Morgan fingerprint density at radius 3 is 2.58 bits per heavy atom. The molecule has 204 valence electrons. The van der Waals surface area contributed by atoms with E-state index in [2.05, 4.69) is 25.6 Å². The van der Waals surface area contributed by atoms with E-state index in [0.29, 0.717) is 17.9 Å². The Morgan fingerprint density at radius 1 is 1.05 bits per heavy atom. The van der Waals surface area contributed by atoms with E-state index < -0.39 is 21.8 Å². The van der Waals surface area contributed by atoms with Crippen LogP contribution >= 0.6 is 11.3 Å². The van der Waals surface area contributed by atoms with Gasteiger partial charge in [0.05, 0.1) is 28.6 Å². The number of aromatic nitrogens is 3. The van der Waals surface area contributed by atoms with Crippen LogP contribution in [0.3, 0.4) is 0 Å². The minimum absolute atomic E-state index is 0.0735. The minimum Gasteiger partial charge on any atom is -0.383 e. The molecule has 4 N–H and O–H groups in total. The van der Waals surface area contributed by atoms with Gasteiger partial charge in [-0.1, -0.05) is 18.2 Å². The lowest BCUT2D eigenvalue weighted by Crippen LogP contribution is -2.28. The molecule has 0 radical (unpaired) electrons. The predicted molar refractivity (Wildman–Crippen MR) is 154 cm³/mol. The third-order valence-corrected chi connectivity index (χ3v) is 8.51. The Balaban J connectivity index is 1.37. The molecular formula is C28H25FN6O3S2. The third kappa shape index (κ3) is 5.92. The number of hydrogen-bond donors (Lipinski definition) is 3. The van der Waals surface area contributed by atoms with Crippen LogP contribution in [0.4, 0.5) is 16.0 Å². The van der Waals surface area contributed by atoms with E-state index in [1.54, 1.807) is 30.4 Å². The fraction of sp³-hybridized carbons (Fsp3) is 0.143. The maximum absolute atomic E-state index is 13.3. The van der Waals surface area contributed by atoms with Crippen LogP contribution in [0.1, 0.15) is 33.8 Å². The topological polar surface area (TPSA) is 140 Å². The summed E-state index contributed by atoms with van der Waals surface area (Å²) in [6, 6.07) is 16.4. The summed E-state index contributed by atoms with van der Waals surface area (Å²) >= 11 is 1.55. The number of pyridine rings is 1. The van der Waals surface area contributed by atoms with E-state index in [9.17, 15) is 17.6 Å². The molecule has 0 aliphatic rings. The summed E-state index contributed by atoms with van der Waals surface area (Å²) < 4.78 is 37.7. The molecule has 9 nitrogen and oxygen atoms in total. The lowest BCUT2D eigenvalue weighted by molar-refractivity contribution is 0.0940. The quantitative estimate of drug-likeness (QED) is 0.235. The normalized spacial score (nSPS) is 12.3. The molecule has 0 fully saturated rings. The smallest absolute Gasteiger partial charge is 0.255 e. The number of nitrogens with zero attached hydrogens (tertiary/aromatic N) is 3. The summed E-state index contributed by atoms with van der Waals surface area (Å²) in [6.07, 6.45) is 3.71. The summed E-state index contributed by atoms with van der Waals surface area (Å²) in [5, 5.41) is 6.78. The van der Waals surface area contributed by atoms with Crippen molar-refractivity contribution in [2.75, 3.05) is 17.3 Å². The van der Waals surface area contributed by atoms with E-state index >= 15 is 0 Å². The number of amides is 1. The van der Waals surface area contributed by atoms with Gasteiger partial charge in [0.2, 0.25) is 0 Å². The standard InChI is InChI=1S/C28H25FN6O3S2/c1-16(17-3-6-19(29)7-4-17)35-28(36)23-12-21(40(2,37)38)14-32-27(23)31-13-20-8-10-25(39-20)18-5-9-24-22(11-18)26(30)34-15-33-24/h3-12,14-16H,13H2,1-2H3,(H,31,32)(H,35,36)(H2,30,33,34)/t16-/m0/s1. The summed E-state index contributed by atoms with van der Waals surface area (Å²) in [4.78, 5) is 27.7. The van der Waals surface area contributed by atoms with Crippen molar-refractivity contribution in [3.8, 4) is 10.4 Å². The van der Waals surface area contributed by atoms with Gasteiger partial charge in [-0.05, 0) is 60.5 Å². The maximum atomic E-state index is 13.3. The number of nitrogens with one attached hydrogen (secondary N) is 2. The number of rotatable bonds is 8. The van der Waals surface area contributed by atoms with E-state index in [0.717, 1.165) is 32.5 Å². The van der Waals surface area contributed by atoms with Crippen molar-refractivity contribution in [1.29, 1.82) is 0 Å². The second-order valence-electron chi connectivity index (χ2n) is 9.20. The molecule has 0 aliphatic carbocycles. The first kappa shape index (κ1) is 27.2. The first-order chi connectivity index (χ1) is 19.1. The molecule has 3 aromatic heterocycles. The number of nitrogen functional groups attached to an aromatic ring is 1. The zero-order chi connectivity index (χ0) is 28.4. The van der Waals surface area contributed by atoms with Crippen LogP contribution in [-0.2, 0) is 16.4 Å². The van der Waals surface area contributed by atoms with Gasteiger partial charge in [0.15, 0.2) is 9.84 Å². The predicted octanol–water partition coefficient (Wildman–Crippen LogP) is 4.98. The Hall–Kier alpha value is -4.42. The van der Waals surface area contributed by atoms with E-state index in [-0.39, 0.29) is 22.1 Å². The Labute approximate surface area is 234 Å². The molecule has 0 saturated carbocycles. The van der Waals surface area contributed by atoms with E-state index in [4.69, 9.17) is 5.73 Å². The number of anilines is 2. The van der Waals surface area contributed by atoms with Crippen LogP contribution in [0.15, 0.2) is 78.1 Å². The number of hydrogen-bond acceptors (Lipinski definition) is 9. The van der Waals surface area contributed by atoms with Crippen LogP contribution in [0.25, 0.3) is 21.3 Å². The molecule has 2 aromatic carbocycles. The summed E-state index contributed by atoms with van der Waals surface area (Å²) in [5.41, 5.74) is 8.53. The van der Waals surface area contributed by atoms with Crippen molar-refractivity contribution in [2.45, 2.75) is 24.4 Å². The molecule has 0 bridgehead atoms. The number of sulfone groups is 1. The van der Waals surface area contributed by atoms with E-state index in [1.165, 1.54) is 30.7 Å². The van der Waals surface area contributed by atoms with Crippen LogP contribution in [0.5, 0.6) is 0 Å². The van der Waals surface area contributed by atoms with Crippen molar-refractivity contribution >= 4 is 49.6 Å². The van der Waals surface area contributed by atoms with Gasteiger partial charge in [0, 0.05) is 27.6 Å². The van der Waals surface area contributed by atoms with Crippen LogP contribution in [0.2, 0.25) is 0 Å². The number of benzene rings is 2. The second kappa shape index (κ2) is 11.0. The van der Waals surface area contributed by atoms with Crippen molar-refractivity contribution in [3.05, 3.63) is 95.0 Å². The number of thiophene rings is 1. The Morgan fingerprint density at radius 2 is 1.82 bits per heavy atom. The fourth-order valence-corrected chi connectivity index (χ4v) is 5.62. The average molecular weight is 577 g/mol. The van der Waals surface area contributed by atoms with Crippen molar-refractivity contribution in [1.82, 2.24) is 20.3 Å². The molecule has 0 aliphatic heterocycles. The molecule has 1 atom stereocenters. The molecule has 5 rings (SSSR count). The minimum atomic E-state index is -3.60. The fourth-order valence-electron chi connectivity index (χ4n) is 4.10. The largest absolute Gasteiger partial charge is 0.383 e. The molecule has 0 saturated heterocycles. The highest BCUT2D eigenvalue weighted by Gasteiger charge is 2.20. The Bertz CT molecular complexity index is 1820. The SMILES string of the molecule is C[C@H](NC(=O)c1cc(S(C)(=O)=O)cnc1NCc1ccc(-c2ccc3ncnc(N)c3c2)s1)c1ccc(F)cc1. The highest BCUT2D eigenvalue weighted by atomic mass is 32.2. The molecule has 12 heteroatoms. The van der Waals surface area contributed by atoms with Gasteiger partial charge in [0.25, 0.3) is 5.91 Å². The van der Waals surface area contributed by atoms with Crippen molar-refractivity contribution in [3.63, 3.8) is 0 Å². The van der Waals surface area contributed by atoms with Gasteiger partial charge in [-0.3, -0.25) is 4.79 Å². The summed E-state index contributed by atoms with van der Waals surface area (Å²) in [6.45, 7) is 2.11. The highest BCUT2D eigenvalue weighted by Crippen LogP contribution is 2.32. The maximum Gasteiger partial charge on any atom is 0.255 e. The third-order valence-electron chi connectivity index (χ3n) is 6.30. The molecule has 0 unspecified atom stereocenters. The van der Waals surface area contributed by atoms with Gasteiger partial charge < -0.3 is 16.4 Å². The zero-order valence-corrected chi connectivity index (χ0v) is 23.2. The zero-order valence-electron chi connectivity index (χ0n) is 21.6. The second-order valence-corrected chi connectivity index (χ2v) is 12.4. The van der Waals surface area contributed by atoms with Gasteiger partial charge in [0.1, 0.15) is 23.8 Å². The summed E-state index contributed by atoms with van der Waals surface area (Å²) in [5.74, 6) is -0.246. The summed E-state index contributed by atoms with van der Waals surface area (Å²) in [7, 11) is -3.60. The van der Waals surface area contributed by atoms with Crippen LogP contribution in [-0.4, -0.2) is 35.5 Å². The number of carbonyl (C=O) groups is 1. The molecule has 0 spiro atoms. The molecule has 3 heterocycles. The van der Waals surface area contributed by atoms with Crippen LogP contribution < -0.4 is 16.4 Å². The number of carbonyl (C=O) groups excluding carboxylic acids is 1. The monoisotopic (exact) mass is 576 g/mol. The highest BCUT2D eigenvalue weighted by molar-refractivity contribution is 7.90.